The van der Waals surface area contributed by atoms with Gasteiger partial charge in [0.05, 0.1) is 18.4 Å². The molecule has 0 spiro atoms. The van der Waals surface area contributed by atoms with Gasteiger partial charge in [0.2, 0.25) is 5.91 Å². The van der Waals surface area contributed by atoms with Gasteiger partial charge in [0.15, 0.2) is 0 Å². The van der Waals surface area contributed by atoms with E-state index in [4.69, 9.17) is 9.47 Å². The van der Waals surface area contributed by atoms with E-state index in [1.54, 1.807) is 24.3 Å². The molecule has 0 aliphatic heterocycles. The van der Waals surface area contributed by atoms with E-state index in [1.807, 2.05) is 54.6 Å². The number of benzene rings is 3. The fraction of sp³-hybridized carbons (Fsp3) is 0.130. The minimum atomic E-state index is -0.489. The molecule has 0 radical (unpaired) electrons. The number of nitrogens with one attached hydrogen (secondary N) is 2. The highest BCUT2D eigenvalue weighted by Crippen LogP contribution is 2.22. The van der Waals surface area contributed by atoms with Crippen molar-refractivity contribution in [1.82, 2.24) is 0 Å². The van der Waals surface area contributed by atoms with Gasteiger partial charge in [0.1, 0.15) is 11.5 Å². The molecule has 6 nitrogen and oxygen atoms in total. The standard InChI is InChI=1S/C23H22N2O4/c1-28-23(27)20-9-5-6-10-21(20)25-22(26)15-16-24-17-11-13-19(14-12-17)29-18-7-3-2-4-8-18/h2-14,24H,15-16H2,1H3,(H,25,26). The van der Waals surface area contributed by atoms with Crippen LogP contribution in [0.3, 0.4) is 0 Å². The van der Waals surface area contributed by atoms with Gasteiger partial charge in [-0.2, -0.15) is 0 Å². The van der Waals surface area contributed by atoms with E-state index >= 15 is 0 Å². The van der Waals surface area contributed by atoms with Crippen molar-refractivity contribution in [2.45, 2.75) is 6.42 Å². The first kappa shape index (κ1) is 19.9. The van der Waals surface area contributed by atoms with Crippen LogP contribution in [0.2, 0.25) is 0 Å². The predicted octanol–water partition coefficient (Wildman–Crippen LogP) is 4.71. The first-order chi connectivity index (χ1) is 14.2. The summed E-state index contributed by atoms with van der Waals surface area (Å²) in [4.78, 5) is 24.0. The van der Waals surface area contributed by atoms with Gasteiger partial charge in [-0.05, 0) is 48.5 Å². The fourth-order valence-corrected chi connectivity index (χ4v) is 2.68. The second-order valence-corrected chi connectivity index (χ2v) is 6.20. The van der Waals surface area contributed by atoms with Crippen LogP contribution < -0.4 is 15.4 Å². The van der Waals surface area contributed by atoms with Crippen molar-refractivity contribution >= 4 is 23.3 Å². The van der Waals surface area contributed by atoms with Gasteiger partial charge in [-0.15, -0.1) is 0 Å². The molecule has 0 aromatic heterocycles. The molecule has 0 saturated carbocycles. The highest BCUT2D eigenvalue weighted by Gasteiger charge is 2.13. The van der Waals surface area contributed by atoms with E-state index in [-0.39, 0.29) is 12.3 Å². The van der Waals surface area contributed by atoms with Crippen molar-refractivity contribution in [3.8, 4) is 11.5 Å². The molecule has 2 N–H and O–H groups in total. The fourth-order valence-electron chi connectivity index (χ4n) is 2.68. The summed E-state index contributed by atoms with van der Waals surface area (Å²) in [5.41, 5.74) is 1.64. The minimum absolute atomic E-state index is 0.196. The van der Waals surface area contributed by atoms with Gasteiger partial charge in [0.25, 0.3) is 0 Å². The molecule has 148 valence electrons. The third-order valence-electron chi connectivity index (χ3n) is 4.12. The Bertz CT molecular complexity index is 956. The number of carbonyl (C=O) groups excluding carboxylic acids is 2. The number of esters is 1. The number of carbonyl (C=O) groups is 2. The number of ether oxygens (including phenoxy) is 2. The molecular weight excluding hydrogens is 368 g/mol. The molecule has 0 aliphatic rings. The molecule has 0 atom stereocenters. The van der Waals surface area contributed by atoms with Crippen LogP contribution in [0.1, 0.15) is 16.8 Å². The average molecular weight is 390 g/mol. The lowest BCUT2D eigenvalue weighted by molar-refractivity contribution is -0.115. The number of anilines is 2. The van der Waals surface area contributed by atoms with Crippen molar-refractivity contribution in [2.24, 2.45) is 0 Å². The molecule has 0 saturated heterocycles. The van der Waals surface area contributed by atoms with Crippen molar-refractivity contribution in [1.29, 1.82) is 0 Å². The summed E-state index contributed by atoms with van der Waals surface area (Å²) >= 11 is 0. The molecule has 1 amide bonds. The number of hydrogen-bond donors (Lipinski definition) is 2. The Morgan fingerprint density at radius 2 is 1.48 bits per heavy atom. The molecule has 0 unspecified atom stereocenters. The SMILES string of the molecule is COC(=O)c1ccccc1NC(=O)CCNc1ccc(Oc2ccccc2)cc1. The molecule has 0 fully saturated rings. The molecule has 0 aliphatic carbocycles. The lowest BCUT2D eigenvalue weighted by atomic mass is 10.1. The van der Waals surface area contributed by atoms with Crippen LogP contribution in [0.4, 0.5) is 11.4 Å². The maximum absolute atomic E-state index is 12.2. The molecule has 29 heavy (non-hydrogen) atoms. The predicted molar refractivity (Wildman–Crippen MR) is 112 cm³/mol. The zero-order valence-corrected chi connectivity index (χ0v) is 16.1. The summed E-state index contributed by atoms with van der Waals surface area (Å²) in [6.07, 6.45) is 0.248. The summed E-state index contributed by atoms with van der Waals surface area (Å²) in [6.45, 7) is 0.450. The lowest BCUT2D eigenvalue weighted by Crippen LogP contribution is -2.18. The number of rotatable bonds is 8. The molecule has 0 heterocycles. The van der Waals surface area contributed by atoms with Crippen molar-refractivity contribution in [3.63, 3.8) is 0 Å². The highest BCUT2D eigenvalue weighted by atomic mass is 16.5. The van der Waals surface area contributed by atoms with Crippen LogP contribution in [-0.4, -0.2) is 25.5 Å². The van der Waals surface area contributed by atoms with Gasteiger partial charge in [-0.1, -0.05) is 30.3 Å². The van der Waals surface area contributed by atoms with Crippen molar-refractivity contribution in [2.75, 3.05) is 24.3 Å². The first-order valence-electron chi connectivity index (χ1n) is 9.20. The van der Waals surface area contributed by atoms with Gasteiger partial charge >= 0.3 is 5.97 Å². The van der Waals surface area contributed by atoms with E-state index in [2.05, 4.69) is 10.6 Å². The number of para-hydroxylation sites is 2. The summed E-state index contributed by atoms with van der Waals surface area (Å²) in [7, 11) is 1.31. The Morgan fingerprint density at radius 3 is 2.21 bits per heavy atom. The third-order valence-corrected chi connectivity index (χ3v) is 4.12. The number of methoxy groups -OCH3 is 1. The smallest absolute Gasteiger partial charge is 0.339 e. The zero-order valence-electron chi connectivity index (χ0n) is 16.1. The second-order valence-electron chi connectivity index (χ2n) is 6.20. The Balaban J connectivity index is 1.48. The van der Waals surface area contributed by atoms with E-state index in [1.165, 1.54) is 7.11 Å². The monoisotopic (exact) mass is 390 g/mol. The van der Waals surface area contributed by atoms with Crippen molar-refractivity contribution < 1.29 is 19.1 Å². The normalized spacial score (nSPS) is 10.1. The van der Waals surface area contributed by atoms with Crippen molar-refractivity contribution in [3.05, 3.63) is 84.4 Å². The molecule has 3 aromatic carbocycles. The molecule has 6 heteroatoms. The number of hydrogen-bond acceptors (Lipinski definition) is 5. The zero-order chi connectivity index (χ0) is 20.5. The Morgan fingerprint density at radius 1 is 0.828 bits per heavy atom. The van der Waals surface area contributed by atoms with Gasteiger partial charge < -0.3 is 20.1 Å². The second kappa shape index (κ2) is 9.94. The lowest BCUT2D eigenvalue weighted by Gasteiger charge is -2.11. The first-order valence-corrected chi connectivity index (χ1v) is 9.20. The molecule has 3 rings (SSSR count). The Hall–Kier alpha value is -3.80. The third kappa shape index (κ3) is 5.84. The molecular formula is C23H22N2O4. The summed E-state index contributed by atoms with van der Waals surface area (Å²) in [5, 5.41) is 5.94. The summed E-state index contributed by atoms with van der Waals surface area (Å²) < 4.78 is 10.5. The number of amides is 1. The summed E-state index contributed by atoms with van der Waals surface area (Å²) in [5.74, 6) is 0.825. The van der Waals surface area contributed by atoms with Crippen LogP contribution in [0.5, 0.6) is 11.5 Å². The van der Waals surface area contributed by atoms with E-state index in [9.17, 15) is 9.59 Å². The minimum Gasteiger partial charge on any atom is -0.465 e. The average Bonchev–Trinajstić information content (AvgIpc) is 2.75. The van der Waals surface area contributed by atoms with Gasteiger partial charge in [-0.3, -0.25) is 4.79 Å². The topological polar surface area (TPSA) is 76.7 Å². The van der Waals surface area contributed by atoms with E-state index < -0.39 is 5.97 Å². The summed E-state index contributed by atoms with van der Waals surface area (Å²) in [6, 6.07) is 23.8. The van der Waals surface area contributed by atoms with Gasteiger partial charge in [0, 0.05) is 18.7 Å². The van der Waals surface area contributed by atoms with Gasteiger partial charge in [-0.25, -0.2) is 4.79 Å². The van der Waals surface area contributed by atoms with Crippen LogP contribution in [-0.2, 0) is 9.53 Å². The Kier molecular flexibility index (Phi) is 6.84. The van der Waals surface area contributed by atoms with Crippen LogP contribution in [0, 0.1) is 0 Å². The maximum Gasteiger partial charge on any atom is 0.339 e. The van der Waals surface area contributed by atoms with Crippen LogP contribution in [0.25, 0.3) is 0 Å². The van der Waals surface area contributed by atoms with E-state index in [0.717, 1.165) is 17.2 Å². The quantitative estimate of drug-likeness (QED) is 0.545. The molecule has 3 aromatic rings. The molecule has 0 bridgehead atoms. The van der Waals surface area contributed by atoms with Crippen LogP contribution >= 0.6 is 0 Å². The largest absolute Gasteiger partial charge is 0.465 e. The van der Waals surface area contributed by atoms with E-state index in [0.29, 0.717) is 17.8 Å². The highest BCUT2D eigenvalue weighted by molar-refractivity contribution is 6.01. The maximum atomic E-state index is 12.2. The van der Waals surface area contributed by atoms with Crippen LogP contribution in [0.15, 0.2) is 78.9 Å². The Labute approximate surface area is 169 Å².